The number of amides is 4. The number of nitrogens with zero attached hydrogens (tertiary/aromatic N) is 5. The SMILES string of the molecule is CC(NC(=O)OCC1c2ccccc2-c2ccccc21)C(=O)Nc1ccc(C(=O)NCCCC(NC(=O)c2ccc(NCc3ccc4nc(N)nc(N)c4c3Cl)cc2)C(=O)O)c(-c2nnn[nH]2)c1. The number of fused-ring (bicyclic) bond motifs is 4. The first-order valence-electron chi connectivity index (χ1n) is 21.3. The van der Waals surface area contributed by atoms with Gasteiger partial charge in [0.2, 0.25) is 11.9 Å². The van der Waals surface area contributed by atoms with E-state index >= 15 is 0 Å². The maximum atomic E-state index is 13.5. The van der Waals surface area contributed by atoms with Gasteiger partial charge in [-0.3, -0.25) is 14.4 Å². The first-order chi connectivity index (χ1) is 32.8. The Hall–Kier alpha value is -8.65. The Morgan fingerprint density at radius 3 is 2.24 bits per heavy atom. The molecule has 0 bridgehead atoms. The third kappa shape index (κ3) is 10.2. The predicted octanol–water partition coefficient (Wildman–Crippen LogP) is 5.50. The molecule has 11 N–H and O–H groups in total. The second kappa shape index (κ2) is 20.3. The van der Waals surface area contributed by atoms with E-state index < -0.39 is 41.9 Å². The van der Waals surface area contributed by atoms with Gasteiger partial charge in [0, 0.05) is 41.5 Å². The highest BCUT2D eigenvalue weighted by Gasteiger charge is 2.30. The average molecular weight is 938 g/mol. The van der Waals surface area contributed by atoms with Crippen LogP contribution in [0.15, 0.2) is 103 Å². The van der Waals surface area contributed by atoms with Crippen LogP contribution in [0.25, 0.3) is 33.4 Å². The molecule has 21 heteroatoms. The predicted molar refractivity (Wildman–Crippen MR) is 254 cm³/mol. The van der Waals surface area contributed by atoms with Crippen molar-refractivity contribution in [1.29, 1.82) is 0 Å². The van der Waals surface area contributed by atoms with Gasteiger partial charge in [-0.1, -0.05) is 66.2 Å². The van der Waals surface area contributed by atoms with Crippen LogP contribution in [-0.4, -0.2) is 90.7 Å². The standard InChI is InChI=1S/C47H44ClN13O7/c1-24(53-47(67)68-23-35-31-9-4-2-7-29(31)30-8-3-5-10-32(30)35)42(62)54-28-17-18-33(34(21-28)41-58-60-61-59-41)44(64)51-20-6-11-37(45(65)66)55-43(63)25-12-15-27(16-13-25)52-22-26-14-19-36-38(39(26)48)40(49)57-46(50)56-36/h2-5,7-10,12-19,21,24,35,37,52H,6,11,20,22-23H2,1H3,(H,51,64)(H,53,67)(H,54,62)(H,55,63)(H,65,66)(H4,49,50,56,57)(H,58,59,60,61). The number of H-pyrrole nitrogens is 1. The molecule has 0 aliphatic heterocycles. The van der Waals surface area contributed by atoms with Crippen LogP contribution in [0.5, 0.6) is 0 Å². The van der Waals surface area contributed by atoms with E-state index in [1.165, 1.54) is 25.1 Å². The van der Waals surface area contributed by atoms with E-state index in [2.05, 4.69) is 57.2 Å². The Labute approximate surface area is 392 Å². The third-order valence-corrected chi connectivity index (χ3v) is 11.7. The van der Waals surface area contributed by atoms with Crippen molar-refractivity contribution in [2.75, 3.05) is 35.3 Å². The molecule has 2 heterocycles. The van der Waals surface area contributed by atoms with E-state index in [0.717, 1.165) is 27.8 Å². The number of carbonyl (C=O) groups is 5. The van der Waals surface area contributed by atoms with Crippen LogP contribution in [0, 0.1) is 0 Å². The van der Waals surface area contributed by atoms with Gasteiger partial charge in [-0.15, -0.1) is 5.10 Å². The minimum Gasteiger partial charge on any atom is -0.480 e. The highest BCUT2D eigenvalue weighted by molar-refractivity contribution is 6.37. The smallest absolute Gasteiger partial charge is 0.407 e. The molecule has 2 atom stereocenters. The molecule has 0 radical (unpaired) electrons. The van der Waals surface area contributed by atoms with E-state index in [1.54, 1.807) is 36.4 Å². The number of nitrogens with one attached hydrogen (secondary N) is 6. The monoisotopic (exact) mass is 937 g/mol. The van der Waals surface area contributed by atoms with Gasteiger partial charge in [-0.05, 0) is 107 Å². The van der Waals surface area contributed by atoms with Crippen LogP contribution < -0.4 is 38.1 Å². The molecule has 1 aliphatic rings. The highest BCUT2D eigenvalue weighted by atomic mass is 35.5. The molecule has 0 fully saturated rings. The number of benzene rings is 5. The number of hydrogen-bond donors (Lipinski definition) is 9. The fourth-order valence-electron chi connectivity index (χ4n) is 7.87. The first kappa shape index (κ1) is 45.9. The zero-order chi connectivity index (χ0) is 47.9. The molecular weight excluding hydrogens is 894 g/mol. The molecule has 346 valence electrons. The van der Waals surface area contributed by atoms with Gasteiger partial charge in [-0.25, -0.2) is 19.7 Å². The number of nitrogen functional groups attached to an aromatic ring is 2. The third-order valence-electron chi connectivity index (χ3n) is 11.3. The molecule has 4 amide bonds. The lowest BCUT2D eigenvalue weighted by Gasteiger charge is -2.18. The molecule has 5 aromatic carbocycles. The van der Waals surface area contributed by atoms with Gasteiger partial charge in [0.05, 0.1) is 21.5 Å². The number of nitrogens with two attached hydrogens (primary N) is 2. The largest absolute Gasteiger partial charge is 0.480 e. The molecule has 0 saturated carbocycles. The van der Waals surface area contributed by atoms with E-state index in [1.807, 2.05) is 48.5 Å². The fourth-order valence-corrected chi connectivity index (χ4v) is 8.19. The molecule has 0 saturated heterocycles. The molecule has 2 unspecified atom stereocenters. The Bertz CT molecular complexity index is 3000. The minimum atomic E-state index is -1.25. The number of aromatic nitrogens is 6. The number of tetrazole rings is 1. The van der Waals surface area contributed by atoms with Gasteiger partial charge in [0.1, 0.15) is 24.5 Å². The number of aromatic amines is 1. The van der Waals surface area contributed by atoms with Crippen LogP contribution >= 0.6 is 11.6 Å². The number of hydrogen-bond acceptors (Lipinski definition) is 14. The Morgan fingerprint density at radius 2 is 1.54 bits per heavy atom. The summed E-state index contributed by atoms with van der Waals surface area (Å²) >= 11 is 6.60. The average Bonchev–Trinajstić information content (AvgIpc) is 3.98. The van der Waals surface area contributed by atoms with Crippen molar-refractivity contribution in [1.82, 2.24) is 46.5 Å². The lowest BCUT2D eigenvalue weighted by Crippen LogP contribution is -2.42. The van der Waals surface area contributed by atoms with Crippen molar-refractivity contribution < 1.29 is 33.8 Å². The summed E-state index contributed by atoms with van der Waals surface area (Å²) in [4.78, 5) is 72.9. The molecule has 1 aliphatic carbocycles. The lowest BCUT2D eigenvalue weighted by molar-refractivity contribution is -0.139. The summed E-state index contributed by atoms with van der Waals surface area (Å²) in [5, 5.41) is 38.4. The number of carboxylic acids is 1. The van der Waals surface area contributed by atoms with Crippen LogP contribution in [0.1, 0.15) is 63.1 Å². The number of ether oxygens (including phenoxy) is 1. The zero-order valence-corrected chi connectivity index (χ0v) is 37.0. The number of rotatable bonds is 17. The number of carboxylic acid groups (broad SMARTS) is 1. The number of alkyl carbamates (subject to hydrolysis) is 1. The summed E-state index contributed by atoms with van der Waals surface area (Å²) in [5.41, 5.74) is 18.8. The molecule has 2 aromatic heterocycles. The van der Waals surface area contributed by atoms with Gasteiger partial charge >= 0.3 is 12.1 Å². The molecule has 68 heavy (non-hydrogen) atoms. The summed E-state index contributed by atoms with van der Waals surface area (Å²) in [5.74, 6) is -2.74. The van der Waals surface area contributed by atoms with Gasteiger partial charge in [0.25, 0.3) is 11.8 Å². The fraction of sp³-hybridized carbons (Fsp3) is 0.191. The minimum absolute atomic E-state index is 0.00175. The first-order valence-corrected chi connectivity index (χ1v) is 21.7. The van der Waals surface area contributed by atoms with Crippen molar-refractivity contribution in [2.45, 2.75) is 44.3 Å². The van der Waals surface area contributed by atoms with E-state index in [4.69, 9.17) is 27.8 Å². The summed E-state index contributed by atoms with van der Waals surface area (Å²) in [6, 6.07) is 28.1. The Balaban J connectivity index is 0.808. The molecule has 0 spiro atoms. The molecule has 7 aromatic rings. The van der Waals surface area contributed by atoms with Crippen LogP contribution in [0.3, 0.4) is 0 Å². The van der Waals surface area contributed by atoms with Gasteiger partial charge in [0.15, 0.2) is 5.82 Å². The topological polar surface area (TPSA) is 307 Å². The molecule has 20 nitrogen and oxygen atoms in total. The Morgan fingerprint density at radius 1 is 0.838 bits per heavy atom. The van der Waals surface area contributed by atoms with Crippen molar-refractivity contribution >= 4 is 75.4 Å². The number of carbonyl (C=O) groups excluding carboxylic acids is 4. The second-order valence-corrected chi connectivity index (χ2v) is 16.2. The van der Waals surface area contributed by atoms with Crippen molar-refractivity contribution in [2.24, 2.45) is 0 Å². The van der Waals surface area contributed by atoms with Crippen LogP contribution in [0.4, 0.5) is 27.9 Å². The highest BCUT2D eigenvalue weighted by Crippen LogP contribution is 2.44. The van der Waals surface area contributed by atoms with Crippen LogP contribution in [-0.2, 0) is 20.9 Å². The summed E-state index contributed by atoms with van der Waals surface area (Å²) in [7, 11) is 0. The number of halogens is 1. The zero-order valence-electron chi connectivity index (χ0n) is 36.2. The van der Waals surface area contributed by atoms with E-state index in [9.17, 15) is 29.1 Å². The summed E-state index contributed by atoms with van der Waals surface area (Å²) < 4.78 is 5.60. The van der Waals surface area contributed by atoms with Crippen molar-refractivity contribution in [3.05, 3.63) is 136 Å². The number of aliphatic carboxylic acids is 1. The maximum absolute atomic E-state index is 13.5. The van der Waals surface area contributed by atoms with Crippen molar-refractivity contribution in [3.63, 3.8) is 0 Å². The normalized spacial score (nSPS) is 12.6. The lowest BCUT2D eigenvalue weighted by atomic mass is 9.98. The quantitative estimate of drug-likeness (QED) is 0.0510. The maximum Gasteiger partial charge on any atom is 0.407 e. The van der Waals surface area contributed by atoms with E-state index in [-0.39, 0.29) is 71.9 Å². The summed E-state index contributed by atoms with van der Waals surface area (Å²) in [6.45, 7) is 1.96. The Kier molecular flexibility index (Phi) is 13.7. The van der Waals surface area contributed by atoms with Crippen molar-refractivity contribution in [3.8, 4) is 22.5 Å². The van der Waals surface area contributed by atoms with Gasteiger partial charge in [-0.2, -0.15) is 4.98 Å². The molecule has 8 rings (SSSR count). The number of anilines is 4. The summed E-state index contributed by atoms with van der Waals surface area (Å²) in [6.07, 6.45) is -0.569. The molecular formula is C47H44ClN13O7. The second-order valence-electron chi connectivity index (χ2n) is 15.8. The van der Waals surface area contributed by atoms with E-state index in [0.29, 0.717) is 28.2 Å². The van der Waals surface area contributed by atoms with Crippen LogP contribution in [0.2, 0.25) is 5.02 Å². The van der Waals surface area contributed by atoms with Gasteiger partial charge < -0.3 is 47.9 Å².